The molecule has 9 heteroatoms. The van der Waals surface area contributed by atoms with Gasteiger partial charge in [-0.1, -0.05) is 74.5 Å². The molecule has 0 aromatic heterocycles. The van der Waals surface area contributed by atoms with E-state index in [0.29, 0.717) is 0 Å². The molecule has 2 atom stereocenters. The molecule has 0 aliphatic carbocycles. The van der Waals surface area contributed by atoms with Crippen LogP contribution >= 0.6 is 0 Å². The lowest BCUT2D eigenvalue weighted by molar-refractivity contribution is 0.381. The number of rotatable bonds is 6. The number of nitrogens with two attached hydrogens (primary N) is 2. The van der Waals surface area contributed by atoms with Crippen LogP contribution in [0.2, 0.25) is 0 Å². The van der Waals surface area contributed by atoms with Gasteiger partial charge in [-0.15, -0.1) is 0 Å². The van der Waals surface area contributed by atoms with Crippen molar-refractivity contribution in [2.45, 2.75) is 38.8 Å². The molecule has 8 N–H and O–H groups in total. The summed E-state index contributed by atoms with van der Waals surface area (Å²) in [5, 5.41) is 0. The van der Waals surface area contributed by atoms with E-state index in [1.165, 1.54) is 11.1 Å². The number of hydrogen-bond acceptors (Lipinski definition) is 6. The van der Waals surface area contributed by atoms with Crippen LogP contribution in [0.4, 0.5) is 0 Å². The van der Waals surface area contributed by atoms with Crippen molar-refractivity contribution in [2.24, 2.45) is 11.7 Å². The third kappa shape index (κ3) is 13.0. The molecule has 8 nitrogen and oxygen atoms in total. The van der Waals surface area contributed by atoms with Crippen LogP contribution in [-0.2, 0) is 10.4 Å². The Morgan fingerprint density at radius 2 is 1.04 bits per heavy atom. The van der Waals surface area contributed by atoms with E-state index in [9.17, 15) is 0 Å². The van der Waals surface area contributed by atoms with Crippen LogP contribution in [0.3, 0.4) is 0 Å². The fourth-order valence-electron chi connectivity index (χ4n) is 2.27. The molecule has 2 unspecified atom stereocenters. The molecule has 27 heavy (non-hydrogen) atoms. The van der Waals surface area contributed by atoms with Crippen LogP contribution in [-0.4, -0.2) is 17.5 Å². The first-order valence-electron chi connectivity index (χ1n) is 8.48. The predicted molar refractivity (Wildman–Crippen MR) is 108 cm³/mol. The van der Waals surface area contributed by atoms with Gasteiger partial charge in [-0.3, -0.25) is 31.6 Å². The van der Waals surface area contributed by atoms with Crippen molar-refractivity contribution in [1.29, 1.82) is 0 Å². The van der Waals surface area contributed by atoms with Crippen molar-refractivity contribution < 1.29 is 17.5 Å². The van der Waals surface area contributed by atoms with Crippen LogP contribution in [0.5, 0.6) is 0 Å². The second-order valence-electron chi connectivity index (χ2n) is 5.52. The van der Waals surface area contributed by atoms with E-state index < -0.39 is 10.4 Å². The van der Waals surface area contributed by atoms with Gasteiger partial charge in [0.2, 0.25) is 0 Å². The summed E-state index contributed by atoms with van der Waals surface area (Å²) in [6.45, 7) is 4.22. The second kappa shape index (κ2) is 14.2. The van der Waals surface area contributed by atoms with Crippen molar-refractivity contribution in [3.63, 3.8) is 0 Å². The maximum absolute atomic E-state index is 8.74. The fraction of sp³-hybridized carbons (Fsp3) is 0.333. The second-order valence-corrected chi connectivity index (χ2v) is 6.42. The zero-order valence-electron chi connectivity index (χ0n) is 15.6. The summed E-state index contributed by atoms with van der Waals surface area (Å²) in [5.41, 5.74) is 8.03. The minimum Gasteiger partial charge on any atom is -0.271 e. The first kappa shape index (κ1) is 25.1. The van der Waals surface area contributed by atoms with E-state index in [1.54, 1.807) is 0 Å². The van der Waals surface area contributed by atoms with Crippen molar-refractivity contribution in [3.05, 3.63) is 71.8 Å². The highest BCUT2D eigenvalue weighted by Gasteiger charge is 2.04. The van der Waals surface area contributed by atoms with Gasteiger partial charge in [-0.25, -0.2) is 0 Å². The average Bonchev–Trinajstić information content (AvgIpc) is 2.65. The Balaban J connectivity index is 0.000000405. The van der Waals surface area contributed by atoms with Crippen molar-refractivity contribution in [1.82, 2.24) is 10.9 Å². The number of nitrogens with one attached hydrogen (secondary N) is 2. The summed E-state index contributed by atoms with van der Waals surface area (Å²) >= 11 is 0. The summed E-state index contributed by atoms with van der Waals surface area (Å²) in [7, 11) is -4.67. The highest BCUT2D eigenvalue weighted by Crippen LogP contribution is 2.14. The molecular formula is C18H30N4O4S. The highest BCUT2D eigenvalue weighted by molar-refractivity contribution is 7.79. The first-order valence-corrected chi connectivity index (χ1v) is 9.88. The number of benzene rings is 2. The first-order chi connectivity index (χ1) is 12.8. The molecule has 0 radical (unpaired) electrons. The lowest BCUT2D eigenvalue weighted by atomic mass is 10.1. The lowest BCUT2D eigenvalue weighted by Gasteiger charge is -2.12. The van der Waals surface area contributed by atoms with Crippen LogP contribution in [0.25, 0.3) is 0 Å². The highest BCUT2D eigenvalue weighted by atomic mass is 32.3. The molecule has 0 fully saturated rings. The summed E-state index contributed by atoms with van der Waals surface area (Å²) in [5.74, 6) is 10.7. The Bertz CT molecular complexity index is 636. The quantitative estimate of drug-likeness (QED) is 0.247. The van der Waals surface area contributed by atoms with E-state index in [4.69, 9.17) is 29.2 Å². The Morgan fingerprint density at radius 3 is 1.22 bits per heavy atom. The molecule has 2 aromatic rings. The molecule has 0 aliphatic heterocycles. The lowest BCUT2D eigenvalue weighted by Crippen LogP contribution is -2.27. The van der Waals surface area contributed by atoms with Gasteiger partial charge in [0.25, 0.3) is 0 Å². The molecule has 0 aliphatic rings. The minimum absolute atomic E-state index is 0.288. The van der Waals surface area contributed by atoms with Crippen molar-refractivity contribution in [3.8, 4) is 0 Å². The molecule has 0 heterocycles. The molecule has 2 aromatic carbocycles. The molecule has 0 amide bonds. The molecule has 0 saturated heterocycles. The van der Waals surface area contributed by atoms with E-state index in [2.05, 4.69) is 49.0 Å². The Morgan fingerprint density at radius 1 is 0.778 bits per heavy atom. The number of hydrazine groups is 2. The van der Waals surface area contributed by atoms with E-state index in [0.717, 1.165) is 12.8 Å². The maximum atomic E-state index is 8.74. The van der Waals surface area contributed by atoms with Gasteiger partial charge in [0.05, 0.1) is 0 Å². The Hall–Kier alpha value is -1.85. The van der Waals surface area contributed by atoms with Gasteiger partial charge in [-0.05, 0) is 24.0 Å². The predicted octanol–water partition coefficient (Wildman–Crippen LogP) is 2.55. The van der Waals surface area contributed by atoms with Crippen molar-refractivity contribution >= 4 is 10.4 Å². The van der Waals surface area contributed by atoms with E-state index in [-0.39, 0.29) is 12.1 Å². The van der Waals surface area contributed by atoms with Crippen molar-refractivity contribution in [2.75, 3.05) is 0 Å². The van der Waals surface area contributed by atoms with Gasteiger partial charge in [0.15, 0.2) is 0 Å². The Labute approximate surface area is 161 Å². The van der Waals surface area contributed by atoms with Crippen LogP contribution < -0.4 is 22.5 Å². The van der Waals surface area contributed by atoms with E-state index in [1.807, 2.05) is 36.4 Å². The monoisotopic (exact) mass is 398 g/mol. The smallest absolute Gasteiger partial charge is 0.271 e. The molecular weight excluding hydrogens is 368 g/mol. The zero-order chi connectivity index (χ0) is 20.7. The summed E-state index contributed by atoms with van der Waals surface area (Å²) < 4.78 is 31.6. The summed E-state index contributed by atoms with van der Waals surface area (Å²) in [6, 6.07) is 21.0. The third-order valence-electron chi connectivity index (χ3n) is 3.62. The summed E-state index contributed by atoms with van der Waals surface area (Å²) in [4.78, 5) is 0. The van der Waals surface area contributed by atoms with Crippen LogP contribution in [0.15, 0.2) is 60.7 Å². The largest absolute Gasteiger partial charge is 0.394 e. The van der Waals surface area contributed by atoms with Gasteiger partial charge in [-0.2, -0.15) is 8.42 Å². The average molecular weight is 399 g/mol. The number of hydrogen-bond donors (Lipinski definition) is 6. The van der Waals surface area contributed by atoms with Crippen LogP contribution in [0, 0.1) is 0 Å². The Kier molecular flexibility index (Phi) is 13.3. The van der Waals surface area contributed by atoms with Gasteiger partial charge in [0, 0.05) is 12.1 Å². The fourth-order valence-corrected chi connectivity index (χ4v) is 2.27. The SMILES string of the molecule is CCC(NN)c1ccccc1.CCC(NN)c1ccccc1.O=S(=O)(O)O. The van der Waals surface area contributed by atoms with Gasteiger partial charge >= 0.3 is 10.4 Å². The van der Waals surface area contributed by atoms with Crippen LogP contribution in [0.1, 0.15) is 49.9 Å². The molecule has 0 bridgehead atoms. The topological polar surface area (TPSA) is 151 Å². The van der Waals surface area contributed by atoms with Gasteiger partial charge in [0.1, 0.15) is 0 Å². The third-order valence-corrected chi connectivity index (χ3v) is 3.62. The van der Waals surface area contributed by atoms with Gasteiger partial charge < -0.3 is 0 Å². The normalized spacial score (nSPS) is 12.7. The molecule has 2 rings (SSSR count). The zero-order valence-corrected chi connectivity index (χ0v) is 16.4. The molecule has 0 saturated carbocycles. The molecule has 0 spiro atoms. The maximum Gasteiger partial charge on any atom is 0.394 e. The van der Waals surface area contributed by atoms with E-state index >= 15 is 0 Å². The summed E-state index contributed by atoms with van der Waals surface area (Å²) in [6.07, 6.45) is 2.03. The standard InChI is InChI=1S/2C9H14N2.H2O4S/c2*1-2-9(11-10)8-6-4-3-5-7-8;1-5(2,3)4/h2*3-7,9,11H,2,10H2,1H3;(H2,1,2,3,4). The molecule has 152 valence electrons. The minimum atomic E-state index is -4.67.